The summed E-state index contributed by atoms with van der Waals surface area (Å²) in [6.07, 6.45) is 1.34. The number of nitro groups is 1. The zero-order valence-electron chi connectivity index (χ0n) is 14.0. The second-order valence-electron chi connectivity index (χ2n) is 5.53. The number of nitrogens with zero attached hydrogens (tertiary/aromatic N) is 1. The maximum Gasteiger partial charge on any atom is 0.312 e. The van der Waals surface area contributed by atoms with Gasteiger partial charge in [-0.05, 0) is 42.5 Å². The minimum absolute atomic E-state index is 0.0855. The number of rotatable bonds is 6. The summed E-state index contributed by atoms with van der Waals surface area (Å²) < 4.78 is 32.2. The number of hydrogen-bond acceptors (Lipinski definition) is 7. The minimum Gasteiger partial charge on any atom is -0.502 e. The van der Waals surface area contributed by atoms with E-state index in [4.69, 9.17) is 4.42 Å². The lowest BCUT2D eigenvalue weighted by molar-refractivity contribution is -0.386. The number of amides is 1. The topological polar surface area (TPSA) is 152 Å². The Labute approximate surface area is 158 Å². The van der Waals surface area contributed by atoms with Crippen molar-refractivity contribution < 1.29 is 27.7 Å². The first kappa shape index (κ1) is 18.9. The van der Waals surface area contributed by atoms with Crippen molar-refractivity contribution in [1.82, 2.24) is 0 Å². The number of benzene rings is 2. The average Bonchev–Trinajstić information content (AvgIpc) is 3.16. The Kier molecular flexibility index (Phi) is 5.00. The number of furan rings is 1. The highest BCUT2D eigenvalue weighted by Crippen LogP contribution is 2.29. The van der Waals surface area contributed by atoms with E-state index in [2.05, 4.69) is 10.0 Å². The van der Waals surface area contributed by atoms with Crippen molar-refractivity contribution in [1.29, 1.82) is 0 Å². The zero-order valence-corrected chi connectivity index (χ0v) is 14.8. The first-order valence-corrected chi connectivity index (χ1v) is 9.20. The summed E-state index contributed by atoms with van der Waals surface area (Å²) in [6.45, 7) is 0. The second kappa shape index (κ2) is 7.40. The van der Waals surface area contributed by atoms with Crippen LogP contribution in [0.1, 0.15) is 10.6 Å². The van der Waals surface area contributed by atoms with Crippen LogP contribution in [0, 0.1) is 10.1 Å². The van der Waals surface area contributed by atoms with Gasteiger partial charge in [-0.2, -0.15) is 0 Å². The van der Waals surface area contributed by atoms with Gasteiger partial charge < -0.3 is 14.8 Å². The largest absolute Gasteiger partial charge is 0.502 e. The van der Waals surface area contributed by atoms with Crippen molar-refractivity contribution in [3.8, 4) is 5.75 Å². The van der Waals surface area contributed by atoms with Gasteiger partial charge in [0.25, 0.3) is 15.9 Å². The van der Waals surface area contributed by atoms with Crippen molar-refractivity contribution in [3.05, 3.63) is 76.7 Å². The van der Waals surface area contributed by atoms with Gasteiger partial charge in [-0.1, -0.05) is 6.07 Å². The first-order chi connectivity index (χ1) is 13.3. The highest BCUT2D eigenvalue weighted by atomic mass is 32.2. The quantitative estimate of drug-likeness (QED) is 0.422. The number of sulfonamides is 1. The highest BCUT2D eigenvalue weighted by Gasteiger charge is 2.21. The summed E-state index contributed by atoms with van der Waals surface area (Å²) in [5, 5.41) is 22.9. The van der Waals surface area contributed by atoms with E-state index in [9.17, 15) is 28.4 Å². The lowest BCUT2D eigenvalue weighted by Crippen LogP contribution is -2.14. The summed E-state index contributed by atoms with van der Waals surface area (Å²) in [5.41, 5.74) is -0.311. The number of carbonyl (C=O) groups is 1. The molecule has 0 aliphatic heterocycles. The van der Waals surface area contributed by atoms with E-state index in [1.54, 1.807) is 12.1 Å². The molecule has 0 unspecified atom stereocenters. The standard InChI is InChI=1S/C17H13N3O7S/c21-15-7-6-13(10-14(15)20(23)24)28(25,26)19-12-4-1-3-11(9-12)18-17(22)16-5-2-8-27-16/h1-10,19,21H,(H,18,22). The first-order valence-electron chi connectivity index (χ1n) is 7.71. The van der Waals surface area contributed by atoms with E-state index in [0.29, 0.717) is 5.69 Å². The van der Waals surface area contributed by atoms with Crippen molar-refractivity contribution in [2.75, 3.05) is 10.0 Å². The molecule has 1 heterocycles. The molecular formula is C17H13N3O7S. The van der Waals surface area contributed by atoms with Gasteiger partial charge in [0.1, 0.15) is 0 Å². The Morgan fingerprint density at radius 1 is 1.07 bits per heavy atom. The molecule has 144 valence electrons. The monoisotopic (exact) mass is 403 g/mol. The van der Waals surface area contributed by atoms with Crippen LogP contribution < -0.4 is 10.0 Å². The molecule has 0 aliphatic rings. The third kappa shape index (κ3) is 4.10. The molecule has 1 aromatic heterocycles. The van der Waals surface area contributed by atoms with Gasteiger partial charge in [-0.15, -0.1) is 0 Å². The minimum atomic E-state index is -4.17. The number of carbonyl (C=O) groups excluding carboxylic acids is 1. The Balaban J connectivity index is 1.82. The van der Waals surface area contributed by atoms with E-state index in [-0.39, 0.29) is 11.4 Å². The molecule has 0 bridgehead atoms. The van der Waals surface area contributed by atoms with Crippen LogP contribution in [0.3, 0.4) is 0 Å². The van der Waals surface area contributed by atoms with Gasteiger partial charge in [0.2, 0.25) is 0 Å². The fourth-order valence-corrected chi connectivity index (χ4v) is 3.36. The summed E-state index contributed by atoms with van der Waals surface area (Å²) in [7, 11) is -4.17. The fraction of sp³-hybridized carbons (Fsp3) is 0. The number of phenolic OH excluding ortho intramolecular Hbond substituents is 1. The van der Waals surface area contributed by atoms with Gasteiger partial charge in [0, 0.05) is 11.8 Å². The third-order valence-corrected chi connectivity index (χ3v) is 4.95. The smallest absolute Gasteiger partial charge is 0.312 e. The maximum absolute atomic E-state index is 12.5. The maximum atomic E-state index is 12.5. The molecule has 0 spiro atoms. The van der Waals surface area contributed by atoms with E-state index >= 15 is 0 Å². The number of aromatic hydroxyl groups is 1. The molecular weight excluding hydrogens is 390 g/mol. The molecule has 1 amide bonds. The third-order valence-electron chi connectivity index (χ3n) is 3.57. The summed E-state index contributed by atoms with van der Waals surface area (Å²) in [4.78, 5) is 21.6. The predicted molar refractivity (Wildman–Crippen MR) is 98.7 cm³/mol. The van der Waals surface area contributed by atoms with Crippen LogP contribution in [-0.2, 0) is 10.0 Å². The number of hydrogen-bond donors (Lipinski definition) is 3. The second-order valence-corrected chi connectivity index (χ2v) is 7.21. The van der Waals surface area contributed by atoms with Crippen LogP contribution in [0.5, 0.6) is 5.75 Å². The van der Waals surface area contributed by atoms with Crippen LogP contribution in [0.2, 0.25) is 0 Å². The fourth-order valence-electron chi connectivity index (χ4n) is 2.29. The molecule has 10 nitrogen and oxygen atoms in total. The van der Waals surface area contributed by atoms with E-state index < -0.39 is 37.2 Å². The number of nitro benzene ring substituents is 1. The van der Waals surface area contributed by atoms with E-state index in [0.717, 1.165) is 18.2 Å². The SMILES string of the molecule is O=C(Nc1cccc(NS(=O)(=O)c2ccc(O)c([N+](=O)[O-])c2)c1)c1ccco1. The zero-order chi connectivity index (χ0) is 20.3. The van der Waals surface area contributed by atoms with Gasteiger partial charge >= 0.3 is 5.69 Å². The molecule has 0 fully saturated rings. The van der Waals surface area contributed by atoms with Crippen molar-refractivity contribution in [2.45, 2.75) is 4.90 Å². The molecule has 0 radical (unpaired) electrons. The molecule has 0 saturated heterocycles. The van der Waals surface area contributed by atoms with Crippen molar-refractivity contribution in [2.24, 2.45) is 0 Å². The predicted octanol–water partition coefficient (Wildman–Crippen LogP) is 2.95. The van der Waals surface area contributed by atoms with Crippen LogP contribution in [0.4, 0.5) is 17.1 Å². The lowest BCUT2D eigenvalue weighted by atomic mass is 10.3. The lowest BCUT2D eigenvalue weighted by Gasteiger charge is -2.10. The summed E-state index contributed by atoms with van der Waals surface area (Å²) in [6, 6.07) is 11.6. The van der Waals surface area contributed by atoms with Crippen LogP contribution in [0.25, 0.3) is 0 Å². The summed E-state index contributed by atoms with van der Waals surface area (Å²) in [5.74, 6) is -1.08. The molecule has 3 N–H and O–H groups in total. The Bertz CT molecular complexity index is 1140. The number of phenols is 1. The summed E-state index contributed by atoms with van der Waals surface area (Å²) >= 11 is 0. The molecule has 0 saturated carbocycles. The molecule has 0 atom stereocenters. The van der Waals surface area contributed by atoms with Crippen molar-refractivity contribution in [3.63, 3.8) is 0 Å². The number of anilines is 2. The van der Waals surface area contributed by atoms with Gasteiger partial charge in [0.15, 0.2) is 11.5 Å². The molecule has 3 aromatic rings. The van der Waals surface area contributed by atoms with Gasteiger partial charge in [0.05, 0.1) is 21.8 Å². The Hall–Kier alpha value is -3.86. The van der Waals surface area contributed by atoms with Crippen LogP contribution in [0.15, 0.2) is 70.2 Å². The highest BCUT2D eigenvalue weighted by molar-refractivity contribution is 7.92. The van der Waals surface area contributed by atoms with Gasteiger partial charge in [-0.3, -0.25) is 19.6 Å². The number of nitrogens with one attached hydrogen (secondary N) is 2. The average molecular weight is 403 g/mol. The van der Waals surface area contributed by atoms with Gasteiger partial charge in [-0.25, -0.2) is 8.42 Å². The van der Waals surface area contributed by atoms with E-state index in [1.165, 1.54) is 30.5 Å². The normalized spacial score (nSPS) is 11.0. The van der Waals surface area contributed by atoms with Crippen molar-refractivity contribution >= 4 is 33.0 Å². The van der Waals surface area contributed by atoms with Crippen LogP contribution >= 0.6 is 0 Å². The van der Waals surface area contributed by atoms with Crippen LogP contribution in [-0.4, -0.2) is 24.4 Å². The molecule has 11 heteroatoms. The van der Waals surface area contributed by atoms with E-state index in [1.807, 2.05) is 0 Å². The molecule has 0 aliphatic carbocycles. The molecule has 2 aromatic carbocycles. The Morgan fingerprint density at radius 2 is 1.82 bits per heavy atom. The molecule has 3 rings (SSSR count). The molecule has 28 heavy (non-hydrogen) atoms. The Morgan fingerprint density at radius 3 is 2.50 bits per heavy atom.